The molecule has 1 aliphatic heterocycles. The van der Waals surface area contributed by atoms with E-state index in [0.29, 0.717) is 45.0 Å². The monoisotopic (exact) mass is 492 g/mol. The third-order valence-electron chi connectivity index (χ3n) is 5.87. The molecule has 35 heavy (non-hydrogen) atoms. The van der Waals surface area contributed by atoms with E-state index in [1.807, 2.05) is 30.3 Å². The Hall–Kier alpha value is -3.85. The van der Waals surface area contributed by atoms with Crippen LogP contribution in [0.4, 0.5) is 16.3 Å². The number of nitrogens with two attached hydrogens (primary N) is 2. The summed E-state index contributed by atoms with van der Waals surface area (Å²) in [5.41, 5.74) is 13.2. The highest BCUT2D eigenvalue weighted by Crippen LogP contribution is 2.47. The standard InChI is InChI=1S/C24H24N6O4S/c25-13-15-18(17-12-14-4-1-2-5-16(14)33-17)19-20(26)23(34-24(27)31)35-22(19)29-21(15)28-6-3-7-30-8-10-32-11-9-30/h1-2,4-5,12H,3,6-11,26H2,(H2,27,31)(H,28,29). The molecule has 11 heteroatoms. The van der Waals surface area contributed by atoms with Crippen molar-refractivity contribution in [2.75, 3.05) is 50.4 Å². The summed E-state index contributed by atoms with van der Waals surface area (Å²) in [4.78, 5) is 18.9. The molecule has 0 atom stereocenters. The first kappa shape index (κ1) is 22.9. The van der Waals surface area contributed by atoms with Crippen molar-refractivity contribution in [3.05, 3.63) is 35.9 Å². The summed E-state index contributed by atoms with van der Waals surface area (Å²) >= 11 is 1.09. The van der Waals surface area contributed by atoms with Gasteiger partial charge in [0, 0.05) is 25.0 Å². The minimum Gasteiger partial charge on any atom is -0.456 e. The molecule has 0 aliphatic carbocycles. The molecular weight excluding hydrogens is 468 g/mol. The molecule has 10 nitrogen and oxygen atoms in total. The number of hydrogen-bond acceptors (Lipinski definition) is 10. The lowest BCUT2D eigenvalue weighted by Crippen LogP contribution is -2.37. The molecule has 4 aromatic rings. The van der Waals surface area contributed by atoms with Crippen LogP contribution in [0.15, 0.2) is 34.7 Å². The number of nitrogens with one attached hydrogen (secondary N) is 1. The highest BCUT2D eigenvalue weighted by atomic mass is 32.1. The zero-order valence-electron chi connectivity index (χ0n) is 18.9. The van der Waals surface area contributed by atoms with Crippen molar-refractivity contribution in [3.8, 4) is 22.5 Å². The molecule has 1 amide bonds. The number of carbonyl (C=O) groups is 1. The summed E-state index contributed by atoms with van der Waals surface area (Å²) in [7, 11) is 0. The second kappa shape index (κ2) is 9.79. The van der Waals surface area contributed by atoms with Crippen molar-refractivity contribution in [1.29, 1.82) is 5.26 Å². The van der Waals surface area contributed by atoms with Crippen molar-refractivity contribution < 1.29 is 18.7 Å². The fourth-order valence-corrected chi connectivity index (χ4v) is 5.18. The van der Waals surface area contributed by atoms with Gasteiger partial charge in [-0.2, -0.15) is 5.26 Å². The minimum absolute atomic E-state index is 0.130. The number of nitrogens with zero attached hydrogens (tertiary/aromatic N) is 3. The molecular formula is C24H24N6O4S. The van der Waals surface area contributed by atoms with Crippen LogP contribution in [0.3, 0.4) is 0 Å². The number of nitriles is 1. The quantitative estimate of drug-likeness (QED) is 0.327. The van der Waals surface area contributed by atoms with Gasteiger partial charge in [0.15, 0.2) is 0 Å². The van der Waals surface area contributed by atoms with Crippen molar-refractivity contribution in [3.63, 3.8) is 0 Å². The van der Waals surface area contributed by atoms with E-state index in [0.717, 1.165) is 56.0 Å². The Balaban J connectivity index is 1.55. The van der Waals surface area contributed by atoms with Crippen LogP contribution < -0.4 is 21.5 Å². The number of benzene rings is 1. The molecule has 0 radical (unpaired) electrons. The summed E-state index contributed by atoms with van der Waals surface area (Å²) in [6.07, 6.45) is -0.108. The third kappa shape index (κ3) is 4.59. The Morgan fingerprint density at radius 2 is 2.11 bits per heavy atom. The van der Waals surface area contributed by atoms with E-state index in [1.165, 1.54) is 0 Å². The predicted octanol–water partition coefficient (Wildman–Crippen LogP) is 3.76. The fraction of sp³-hybridized carbons (Fsp3) is 0.292. The van der Waals surface area contributed by atoms with Crippen LogP contribution in [0.1, 0.15) is 12.0 Å². The van der Waals surface area contributed by atoms with E-state index in [4.69, 9.17) is 25.4 Å². The van der Waals surface area contributed by atoms with Crippen molar-refractivity contribution in [2.45, 2.75) is 6.42 Å². The molecule has 0 spiro atoms. The van der Waals surface area contributed by atoms with E-state index < -0.39 is 6.09 Å². The number of thiophene rings is 1. The van der Waals surface area contributed by atoms with E-state index >= 15 is 0 Å². The lowest BCUT2D eigenvalue weighted by molar-refractivity contribution is 0.0378. The number of anilines is 2. The molecule has 0 saturated carbocycles. The van der Waals surface area contributed by atoms with Gasteiger partial charge in [-0.1, -0.05) is 29.5 Å². The van der Waals surface area contributed by atoms with Crippen LogP contribution in [0.5, 0.6) is 5.06 Å². The molecule has 180 valence electrons. The maximum Gasteiger partial charge on any atom is 0.410 e. The predicted molar refractivity (Wildman–Crippen MR) is 135 cm³/mol. The van der Waals surface area contributed by atoms with Crippen LogP contribution in [0, 0.1) is 11.3 Å². The second-order valence-corrected chi connectivity index (χ2v) is 9.07. The first-order chi connectivity index (χ1) is 17.0. The van der Waals surface area contributed by atoms with Crippen molar-refractivity contribution >= 4 is 50.1 Å². The van der Waals surface area contributed by atoms with Crippen molar-refractivity contribution in [1.82, 2.24) is 9.88 Å². The molecule has 1 aromatic carbocycles. The average molecular weight is 493 g/mol. The normalized spacial score (nSPS) is 14.3. The van der Waals surface area contributed by atoms with Crippen LogP contribution in [-0.4, -0.2) is 55.4 Å². The first-order valence-corrected chi connectivity index (χ1v) is 12.0. The van der Waals surface area contributed by atoms with Gasteiger partial charge < -0.3 is 30.7 Å². The van der Waals surface area contributed by atoms with Gasteiger partial charge in [0.25, 0.3) is 0 Å². The number of rotatable bonds is 7. The number of hydrogen-bond donors (Lipinski definition) is 3. The maximum atomic E-state index is 11.4. The number of aromatic nitrogens is 1. The number of pyridine rings is 1. The number of carbonyl (C=O) groups excluding carboxylic acids is 1. The van der Waals surface area contributed by atoms with Gasteiger partial charge in [0.1, 0.15) is 33.6 Å². The number of ether oxygens (including phenoxy) is 2. The summed E-state index contributed by atoms with van der Waals surface area (Å²) in [5.74, 6) is 0.894. The van der Waals surface area contributed by atoms with Crippen LogP contribution >= 0.6 is 11.3 Å². The summed E-state index contributed by atoms with van der Waals surface area (Å²) in [5, 5.41) is 15.0. The fourth-order valence-electron chi connectivity index (χ4n) is 4.22. The van der Waals surface area contributed by atoms with Crippen LogP contribution in [0.2, 0.25) is 0 Å². The van der Waals surface area contributed by atoms with E-state index in [2.05, 4.69) is 21.3 Å². The van der Waals surface area contributed by atoms with Gasteiger partial charge in [-0.3, -0.25) is 4.90 Å². The zero-order valence-corrected chi connectivity index (χ0v) is 19.7. The molecule has 5 rings (SSSR count). The minimum atomic E-state index is -0.976. The van der Waals surface area contributed by atoms with Gasteiger partial charge in [-0.25, -0.2) is 9.78 Å². The first-order valence-electron chi connectivity index (χ1n) is 11.2. The molecule has 1 aliphatic rings. The number of para-hydroxylation sites is 1. The molecule has 0 unspecified atom stereocenters. The maximum absolute atomic E-state index is 11.4. The zero-order chi connectivity index (χ0) is 24.4. The van der Waals surface area contributed by atoms with Gasteiger partial charge in [0.2, 0.25) is 5.06 Å². The molecule has 4 heterocycles. The van der Waals surface area contributed by atoms with E-state index in [-0.39, 0.29) is 10.8 Å². The highest BCUT2D eigenvalue weighted by molar-refractivity contribution is 7.21. The lowest BCUT2D eigenvalue weighted by Gasteiger charge is -2.26. The molecule has 1 fully saturated rings. The van der Waals surface area contributed by atoms with Gasteiger partial charge in [-0.15, -0.1) is 0 Å². The third-order valence-corrected chi connectivity index (χ3v) is 6.84. The number of nitrogen functional groups attached to an aromatic ring is 1. The summed E-state index contributed by atoms with van der Waals surface area (Å²) < 4.78 is 16.6. The number of furan rings is 1. The summed E-state index contributed by atoms with van der Waals surface area (Å²) in [6.45, 7) is 4.87. The topological polar surface area (TPSA) is 153 Å². The highest BCUT2D eigenvalue weighted by Gasteiger charge is 2.26. The molecule has 0 bridgehead atoms. The van der Waals surface area contributed by atoms with Crippen LogP contribution in [-0.2, 0) is 4.74 Å². The molecule has 3 aromatic heterocycles. The Morgan fingerprint density at radius 3 is 2.86 bits per heavy atom. The Labute approximate surface area is 205 Å². The van der Waals surface area contributed by atoms with E-state index in [1.54, 1.807) is 0 Å². The van der Waals surface area contributed by atoms with E-state index in [9.17, 15) is 10.1 Å². The number of amides is 1. The van der Waals surface area contributed by atoms with Gasteiger partial charge in [-0.05, 0) is 25.1 Å². The van der Waals surface area contributed by atoms with Crippen molar-refractivity contribution in [2.24, 2.45) is 5.73 Å². The van der Waals surface area contributed by atoms with Gasteiger partial charge >= 0.3 is 6.09 Å². The second-order valence-electron chi connectivity index (χ2n) is 8.11. The molecule has 1 saturated heterocycles. The summed E-state index contributed by atoms with van der Waals surface area (Å²) in [6, 6.07) is 11.7. The number of fused-ring (bicyclic) bond motifs is 2. The largest absolute Gasteiger partial charge is 0.456 e. The SMILES string of the molecule is N#Cc1c(NCCCN2CCOCC2)nc2sc(OC(N)=O)c(N)c2c1-c1cc2ccccc2o1. The Bertz CT molecular complexity index is 1400. The van der Waals surface area contributed by atoms with Gasteiger partial charge in [0.05, 0.1) is 29.9 Å². The Kier molecular flexibility index (Phi) is 6.41. The number of primary amides is 1. The molecule has 5 N–H and O–H groups in total. The van der Waals surface area contributed by atoms with Crippen LogP contribution in [0.25, 0.3) is 32.5 Å². The number of morpholine rings is 1. The average Bonchev–Trinajstić information content (AvgIpc) is 3.42. The smallest absolute Gasteiger partial charge is 0.410 e. The lowest BCUT2D eigenvalue weighted by atomic mass is 10.0. The Morgan fingerprint density at radius 1 is 1.31 bits per heavy atom.